The Morgan fingerprint density at radius 1 is 0.714 bits per heavy atom. The molecule has 1 aliphatic rings. The number of benzene rings is 1. The van der Waals surface area contributed by atoms with Crippen LogP contribution in [0.3, 0.4) is 0 Å². The van der Waals surface area contributed by atoms with Crippen molar-refractivity contribution in [2.45, 2.75) is 6.10 Å². The average molecular weight is 390 g/mol. The van der Waals surface area contributed by atoms with Gasteiger partial charge in [-0.25, -0.2) is 0 Å². The van der Waals surface area contributed by atoms with Crippen molar-refractivity contribution >= 4 is 0 Å². The van der Waals surface area contributed by atoms with E-state index >= 15 is 0 Å². The van der Waals surface area contributed by atoms with Crippen molar-refractivity contribution in [2.75, 3.05) is 79.3 Å². The van der Waals surface area contributed by atoms with Crippen LogP contribution in [0.5, 0.6) is 0 Å². The van der Waals surface area contributed by atoms with Gasteiger partial charge in [-0.15, -0.1) is 12.1 Å². The van der Waals surface area contributed by atoms with Crippen LogP contribution in [0.25, 0.3) is 0 Å². The molecule has 1 heterocycles. The Kier molecular flexibility index (Phi) is 16.8. The first kappa shape index (κ1) is 25.4. The smallest absolute Gasteiger partial charge is 0.411 e. The molecule has 7 nitrogen and oxygen atoms in total. The second-order valence-corrected chi connectivity index (χ2v) is 5.88. The molecule has 154 valence electrons. The molecular formula is C20H31LiO7. The van der Waals surface area contributed by atoms with Crippen molar-refractivity contribution in [1.82, 2.24) is 0 Å². The van der Waals surface area contributed by atoms with E-state index in [-0.39, 0.29) is 25.0 Å². The maximum absolute atomic E-state index is 5.83. The number of ether oxygens (including phenoxy) is 7. The van der Waals surface area contributed by atoms with Crippen LogP contribution in [0.4, 0.5) is 0 Å². The molecule has 1 atom stereocenters. The third kappa shape index (κ3) is 13.6. The van der Waals surface area contributed by atoms with Gasteiger partial charge < -0.3 is 33.2 Å². The minimum absolute atomic E-state index is 0. The summed E-state index contributed by atoms with van der Waals surface area (Å²) >= 11 is 0. The Morgan fingerprint density at radius 2 is 1.21 bits per heavy atom. The van der Waals surface area contributed by atoms with Gasteiger partial charge in [-0.1, -0.05) is 12.7 Å². The van der Waals surface area contributed by atoms with Gasteiger partial charge in [-0.2, -0.15) is 17.7 Å². The molecule has 1 aromatic rings. The standard InChI is InChI=1S/C20H31O7.Li/c1-2-4-19(5-3-1)16-26-18-20-17-25-13-12-23-9-8-21-6-7-22-10-11-24-14-15-27-20;/h1-5,16,20H,6-15,17-18H2;/q-1;+1. The molecule has 0 aromatic heterocycles. The van der Waals surface area contributed by atoms with Gasteiger partial charge in [0.1, 0.15) is 6.10 Å². The zero-order valence-corrected chi connectivity index (χ0v) is 16.9. The van der Waals surface area contributed by atoms with Crippen molar-refractivity contribution in [1.29, 1.82) is 0 Å². The Hall–Kier alpha value is -0.593. The third-order valence-corrected chi connectivity index (χ3v) is 3.67. The van der Waals surface area contributed by atoms with Crippen LogP contribution in [0, 0.1) is 6.61 Å². The van der Waals surface area contributed by atoms with Gasteiger partial charge in [-0.05, 0) is 0 Å². The van der Waals surface area contributed by atoms with E-state index in [1.165, 1.54) is 0 Å². The molecule has 8 heteroatoms. The van der Waals surface area contributed by atoms with Crippen molar-refractivity contribution in [3.63, 3.8) is 0 Å². The van der Waals surface area contributed by atoms with E-state index in [4.69, 9.17) is 33.2 Å². The van der Waals surface area contributed by atoms with Crippen molar-refractivity contribution in [3.05, 3.63) is 42.5 Å². The molecule has 1 aromatic carbocycles. The summed E-state index contributed by atoms with van der Waals surface area (Å²) < 4.78 is 38.9. The molecule has 1 saturated heterocycles. The molecule has 1 unspecified atom stereocenters. The van der Waals surface area contributed by atoms with Crippen molar-refractivity contribution < 1.29 is 52.0 Å². The van der Waals surface area contributed by atoms with Gasteiger partial charge in [0.15, 0.2) is 0 Å². The quantitative estimate of drug-likeness (QED) is 0.468. The predicted molar refractivity (Wildman–Crippen MR) is 99.6 cm³/mol. The van der Waals surface area contributed by atoms with E-state index in [9.17, 15) is 0 Å². The Balaban J connectivity index is 0.00000392. The summed E-state index contributed by atoms with van der Waals surface area (Å²) in [4.78, 5) is 0. The number of rotatable bonds is 4. The van der Waals surface area contributed by atoms with E-state index < -0.39 is 0 Å². The van der Waals surface area contributed by atoms with Crippen LogP contribution < -0.4 is 18.9 Å². The van der Waals surface area contributed by atoms with E-state index in [1.807, 2.05) is 30.3 Å². The molecule has 28 heavy (non-hydrogen) atoms. The maximum atomic E-state index is 5.83. The van der Waals surface area contributed by atoms with Gasteiger partial charge in [0.2, 0.25) is 0 Å². The van der Waals surface area contributed by atoms with Crippen LogP contribution in [0.15, 0.2) is 30.3 Å². The summed E-state index contributed by atoms with van der Waals surface area (Å²) in [5.74, 6) is 0. The van der Waals surface area contributed by atoms with Crippen molar-refractivity contribution in [2.24, 2.45) is 0 Å². The molecular weight excluding hydrogens is 359 g/mol. The first-order valence-corrected chi connectivity index (χ1v) is 9.45. The van der Waals surface area contributed by atoms with E-state index in [0.29, 0.717) is 79.3 Å². The number of hydrogen-bond donors (Lipinski definition) is 0. The van der Waals surface area contributed by atoms with E-state index in [0.717, 1.165) is 5.56 Å². The SMILES string of the molecule is [Li+].c1ccc([CH-]OCC2COCCOCCOCCOCCOCCO2)cc1. The summed E-state index contributed by atoms with van der Waals surface area (Å²) in [6.45, 7) is 7.86. The molecule has 1 aliphatic heterocycles. The first-order chi connectivity index (χ1) is 13.4. The van der Waals surface area contributed by atoms with Gasteiger partial charge in [-0.3, -0.25) is 0 Å². The molecule has 0 N–H and O–H groups in total. The van der Waals surface area contributed by atoms with Crippen LogP contribution in [0.2, 0.25) is 0 Å². The Bertz CT molecular complexity index is 431. The van der Waals surface area contributed by atoms with Crippen LogP contribution in [-0.4, -0.2) is 85.4 Å². The summed E-state index contributed by atoms with van der Waals surface area (Å²) in [5, 5.41) is 0. The zero-order chi connectivity index (χ0) is 18.8. The first-order valence-electron chi connectivity index (χ1n) is 9.45. The summed E-state index contributed by atoms with van der Waals surface area (Å²) in [5.41, 5.74) is 1.01. The fourth-order valence-corrected chi connectivity index (χ4v) is 2.30. The van der Waals surface area contributed by atoms with Gasteiger partial charge >= 0.3 is 18.9 Å². The molecule has 0 saturated carbocycles. The third-order valence-electron chi connectivity index (χ3n) is 3.67. The van der Waals surface area contributed by atoms with Crippen LogP contribution in [0.1, 0.15) is 5.56 Å². The molecule has 0 aliphatic carbocycles. The second-order valence-electron chi connectivity index (χ2n) is 5.88. The molecule has 2 rings (SSSR count). The molecule has 1 fully saturated rings. The normalized spacial score (nSPS) is 21.6. The predicted octanol–water partition coefficient (Wildman–Crippen LogP) is -1.30. The van der Waals surface area contributed by atoms with Gasteiger partial charge in [0.25, 0.3) is 0 Å². The van der Waals surface area contributed by atoms with Gasteiger partial charge in [0.05, 0.1) is 79.3 Å². The minimum Gasteiger partial charge on any atom is -0.411 e. The van der Waals surface area contributed by atoms with Crippen LogP contribution in [-0.2, 0) is 33.2 Å². The molecule has 0 radical (unpaired) electrons. The Morgan fingerprint density at radius 3 is 1.79 bits per heavy atom. The Labute approximate surface area is 180 Å². The fourth-order valence-electron chi connectivity index (χ4n) is 2.30. The largest absolute Gasteiger partial charge is 1.00 e. The maximum Gasteiger partial charge on any atom is 1.00 e. The minimum atomic E-state index is -0.174. The van der Waals surface area contributed by atoms with E-state index in [2.05, 4.69) is 0 Å². The molecule has 0 bridgehead atoms. The average Bonchev–Trinajstić information content (AvgIpc) is 2.70. The topological polar surface area (TPSA) is 64.6 Å². The fraction of sp³-hybridized carbons (Fsp3) is 0.650. The summed E-state index contributed by atoms with van der Waals surface area (Å²) in [6.07, 6.45) is -0.174. The molecule has 0 spiro atoms. The summed E-state index contributed by atoms with van der Waals surface area (Å²) in [7, 11) is 0. The van der Waals surface area contributed by atoms with Gasteiger partial charge in [0, 0.05) is 0 Å². The molecule has 0 amide bonds. The zero-order valence-electron chi connectivity index (χ0n) is 16.9. The van der Waals surface area contributed by atoms with Crippen molar-refractivity contribution in [3.8, 4) is 0 Å². The van der Waals surface area contributed by atoms with E-state index in [1.54, 1.807) is 6.61 Å². The summed E-state index contributed by atoms with van der Waals surface area (Å²) in [6, 6.07) is 9.88. The van der Waals surface area contributed by atoms with Crippen LogP contribution >= 0.6 is 0 Å². The number of hydrogen-bond acceptors (Lipinski definition) is 7. The monoisotopic (exact) mass is 390 g/mol. The second kappa shape index (κ2) is 18.4.